The first-order chi connectivity index (χ1) is 9.08. The minimum atomic E-state index is -0.421. The van der Waals surface area contributed by atoms with Crippen LogP contribution in [0, 0.1) is 17.7 Å². The smallest absolute Gasteiger partial charge is 0.252 e. The number of benzene rings is 1. The number of rotatable bonds is 4. The van der Waals surface area contributed by atoms with Crippen LogP contribution >= 0.6 is 11.8 Å². The van der Waals surface area contributed by atoms with Crippen LogP contribution in [0.15, 0.2) is 18.2 Å². The van der Waals surface area contributed by atoms with Gasteiger partial charge >= 0.3 is 0 Å². The summed E-state index contributed by atoms with van der Waals surface area (Å²) in [5, 5.41) is 3.13. The summed E-state index contributed by atoms with van der Waals surface area (Å²) in [6.45, 7) is 2.74. The summed E-state index contributed by atoms with van der Waals surface area (Å²) >= 11 is 1.66. The van der Waals surface area contributed by atoms with E-state index in [-0.39, 0.29) is 12.5 Å². The first kappa shape index (κ1) is 15.5. The third-order valence-electron chi connectivity index (χ3n) is 2.50. The number of nitrogens with two attached hydrogens (primary N) is 1. The highest BCUT2D eigenvalue weighted by Crippen LogP contribution is 2.11. The van der Waals surface area contributed by atoms with Gasteiger partial charge < -0.3 is 11.1 Å². The number of carbonyl (C=O) groups is 1. The Kier molecular flexibility index (Phi) is 6.40. The van der Waals surface area contributed by atoms with Crippen molar-refractivity contribution in [2.45, 2.75) is 12.2 Å². The van der Waals surface area contributed by atoms with E-state index in [1.54, 1.807) is 11.8 Å². The molecule has 0 spiro atoms. The highest BCUT2D eigenvalue weighted by atomic mass is 32.2. The standard InChI is InChI=1S/C14H17FN2OS/c1-10(19-2)9-17-14(18)13-6-5-12(15)8-11(13)4-3-7-16/h5-6,8,10H,7,9,16H2,1-2H3,(H,17,18). The molecule has 0 aliphatic heterocycles. The molecule has 0 saturated heterocycles. The Bertz CT molecular complexity index is 508. The van der Waals surface area contributed by atoms with E-state index in [0.29, 0.717) is 22.9 Å². The molecule has 1 amide bonds. The molecular weight excluding hydrogens is 263 g/mol. The maximum atomic E-state index is 13.2. The number of halogens is 1. The Hall–Kier alpha value is -1.51. The van der Waals surface area contributed by atoms with Crippen LogP contribution < -0.4 is 11.1 Å². The topological polar surface area (TPSA) is 55.1 Å². The fourth-order valence-electron chi connectivity index (χ4n) is 1.38. The molecule has 1 unspecified atom stereocenters. The SMILES string of the molecule is CSC(C)CNC(=O)c1ccc(F)cc1C#CCN. The van der Waals surface area contributed by atoms with Crippen molar-refractivity contribution in [2.24, 2.45) is 5.73 Å². The molecule has 0 aliphatic rings. The zero-order chi connectivity index (χ0) is 14.3. The van der Waals surface area contributed by atoms with Crippen LogP contribution in [0.5, 0.6) is 0 Å². The van der Waals surface area contributed by atoms with Crippen molar-refractivity contribution < 1.29 is 9.18 Å². The zero-order valence-corrected chi connectivity index (χ0v) is 11.8. The van der Waals surface area contributed by atoms with Crippen LogP contribution in [0.2, 0.25) is 0 Å². The maximum Gasteiger partial charge on any atom is 0.252 e. The highest BCUT2D eigenvalue weighted by Gasteiger charge is 2.11. The largest absolute Gasteiger partial charge is 0.351 e. The first-order valence-corrected chi connectivity index (χ1v) is 7.16. The molecule has 1 rings (SSSR count). The summed E-state index contributed by atoms with van der Waals surface area (Å²) in [5.41, 5.74) is 6.02. The van der Waals surface area contributed by atoms with E-state index >= 15 is 0 Å². The van der Waals surface area contributed by atoms with Gasteiger partial charge in [-0.1, -0.05) is 18.8 Å². The number of hydrogen-bond donors (Lipinski definition) is 2. The van der Waals surface area contributed by atoms with Gasteiger partial charge in [0.15, 0.2) is 0 Å². The number of carbonyl (C=O) groups excluding carboxylic acids is 1. The van der Waals surface area contributed by atoms with Crippen LogP contribution in [0.25, 0.3) is 0 Å². The second-order valence-electron chi connectivity index (χ2n) is 3.95. The zero-order valence-electron chi connectivity index (χ0n) is 11.0. The lowest BCUT2D eigenvalue weighted by molar-refractivity contribution is 0.0954. The summed E-state index contributed by atoms with van der Waals surface area (Å²) < 4.78 is 13.2. The summed E-state index contributed by atoms with van der Waals surface area (Å²) in [6.07, 6.45) is 1.98. The van der Waals surface area contributed by atoms with E-state index in [1.165, 1.54) is 18.2 Å². The molecule has 0 saturated carbocycles. The Labute approximate surface area is 117 Å². The monoisotopic (exact) mass is 280 g/mol. The van der Waals surface area contributed by atoms with E-state index in [1.807, 2.05) is 13.2 Å². The van der Waals surface area contributed by atoms with Gasteiger partial charge in [-0.05, 0) is 24.5 Å². The Morgan fingerprint density at radius 3 is 2.95 bits per heavy atom. The highest BCUT2D eigenvalue weighted by molar-refractivity contribution is 7.99. The lowest BCUT2D eigenvalue weighted by atomic mass is 10.1. The van der Waals surface area contributed by atoms with Crippen molar-refractivity contribution >= 4 is 17.7 Å². The van der Waals surface area contributed by atoms with Crippen molar-refractivity contribution in [1.82, 2.24) is 5.32 Å². The van der Waals surface area contributed by atoms with Gasteiger partial charge in [-0.25, -0.2) is 4.39 Å². The summed E-state index contributed by atoms with van der Waals surface area (Å²) in [5.74, 6) is 4.68. The normalized spacial score (nSPS) is 11.4. The second-order valence-corrected chi connectivity index (χ2v) is 5.23. The van der Waals surface area contributed by atoms with E-state index in [0.717, 1.165) is 0 Å². The predicted octanol–water partition coefficient (Wildman–Crippen LogP) is 1.62. The molecule has 3 N–H and O–H groups in total. The minimum Gasteiger partial charge on any atom is -0.351 e. The third kappa shape index (κ3) is 4.93. The van der Waals surface area contributed by atoms with Crippen LogP contribution in [0.4, 0.5) is 4.39 Å². The fourth-order valence-corrected chi connectivity index (χ4v) is 1.63. The molecular formula is C14H17FN2OS. The van der Waals surface area contributed by atoms with Crippen molar-refractivity contribution in [1.29, 1.82) is 0 Å². The Morgan fingerprint density at radius 2 is 2.32 bits per heavy atom. The van der Waals surface area contributed by atoms with Gasteiger partial charge in [0.1, 0.15) is 5.82 Å². The predicted molar refractivity (Wildman–Crippen MR) is 77.6 cm³/mol. The van der Waals surface area contributed by atoms with E-state index in [9.17, 15) is 9.18 Å². The molecule has 19 heavy (non-hydrogen) atoms. The minimum absolute atomic E-state index is 0.168. The van der Waals surface area contributed by atoms with Crippen molar-refractivity contribution in [3.63, 3.8) is 0 Å². The van der Waals surface area contributed by atoms with Crippen molar-refractivity contribution in [3.8, 4) is 11.8 Å². The average Bonchev–Trinajstić information content (AvgIpc) is 2.42. The molecule has 5 heteroatoms. The van der Waals surface area contributed by atoms with Crippen LogP contribution in [0.1, 0.15) is 22.8 Å². The molecule has 0 fully saturated rings. The molecule has 1 aromatic rings. The number of hydrogen-bond acceptors (Lipinski definition) is 3. The van der Waals surface area contributed by atoms with Gasteiger partial charge in [0.2, 0.25) is 0 Å². The van der Waals surface area contributed by atoms with Gasteiger partial charge in [-0.2, -0.15) is 11.8 Å². The Morgan fingerprint density at radius 1 is 1.58 bits per heavy atom. The van der Waals surface area contributed by atoms with Gasteiger partial charge in [-0.3, -0.25) is 4.79 Å². The molecule has 1 aromatic carbocycles. The molecule has 1 atom stereocenters. The fraction of sp³-hybridized carbons (Fsp3) is 0.357. The molecule has 3 nitrogen and oxygen atoms in total. The lowest BCUT2D eigenvalue weighted by Crippen LogP contribution is -2.29. The summed E-state index contributed by atoms with van der Waals surface area (Å²) in [7, 11) is 0. The third-order valence-corrected chi connectivity index (χ3v) is 3.48. The molecule has 0 aliphatic carbocycles. The number of nitrogens with one attached hydrogen (secondary N) is 1. The van der Waals surface area contributed by atoms with Crippen molar-refractivity contribution in [3.05, 3.63) is 35.1 Å². The van der Waals surface area contributed by atoms with Gasteiger partial charge in [0, 0.05) is 17.4 Å². The molecule has 0 aromatic heterocycles. The van der Waals surface area contributed by atoms with E-state index in [4.69, 9.17) is 5.73 Å². The quantitative estimate of drug-likeness (QED) is 0.824. The Balaban J connectivity index is 2.89. The molecule has 0 heterocycles. The number of amides is 1. The van der Waals surface area contributed by atoms with Gasteiger partial charge in [0.25, 0.3) is 5.91 Å². The van der Waals surface area contributed by atoms with Crippen LogP contribution in [-0.2, 0) is 0 Å². The van der Waals surface area contributed by atoms with Gasteiger partial charge in [0.05, 0.1) is 12.1 Å². The molecule has 0 bridgehead atoms. The van der Waals surface area contributed by atoms with E-state index in [2.05, 4.69) is 17.2 Å². The van der Waals surface area contributed by atoms with Crippen LogP contribution in [-0.4, -0.2) is 30.5 Å². The summed E-state index contributed by atoms with van der Waals surface area (Å²) in [6, 6.07) is 3.94. The van der Waals surface area contributed by atoms with E-state index < -0.39 is 5.82 Å². The average molecular weight is 280 g/mol. The maximum absolute atomic E-state index is 13.2. The second kappa shape index (κ2) is 7.82. The van der Waals surface area contributed by atoms with Crippen LogP contribution in [0.3, 0.4) is 0 Å². The van der Waals surface area contributed by atoms with Gasteiger partial charge in [-0.15, -0.1) is 0 Å². The summed E-state index contributed by atoms with van der Waals surface area (Å²) in [4.78, 5) is 12.0. The lowest BCUT2D eigenvalue weighted by Gasteiger charge is -2.11. The molecule has 0 radical (unpaired) electrons. The van der Waals surface area contributed by atoms with Crippen molar-refractivity contribution in [2.75, 3.05) is 19.3 Å². The first-order valence-electron chi connectivity index (χ1n) is 5.88. The number of thioether (sulfide) groups is 1. The molecule has 102 valence electrons.